The maximum absolute atomic E-state index is 13.3. The van der Waals surface area contributed by atoms with Gasteiger partial charge in [-0.2, -0.15) is 0 Å². The molecule has 2 aromatic carbocycles. The Hall–Kier alpha value is -2.38. The molecule has 0 unspecified atom stereocenters. The monoisotopic (exact) mass is 549 g/mol. The van der Waals surface area contributed by atoms with Gasteiger partial charge in [0.05, 0.1) is 32.8 Å². The Labute approximate surface area is 225 Å². The Morgan fingerprint density at radius 2 is 1.76 bits per heavy atom. The predicted molar refractivity (Wildman–Crippen MR) is 142 cm³/mol. The van der Waals surface area contributed by atoms with E-state index in [2.05, 4.69) is 5.32 Å². The molecule has 0 aromatic heterocycles. The molecular weight excluding hydrogens is 514 g/mol. The van der Waals surface area contributed by atoms with Crippen LogP contribution in [0.15, 0.2) is 34.0 Å². The normalized spacial score (nSPS) is 26.6. The van der Waals surface area contributed by atoms with Crippen LogP contribution in [-0.2, 0) is 11.2 Å². The number of fused-ring (bicyclic) bond motifs is 3. The first kappa shape index (κ1) is 28.6. The number of aliphatic hydroxyl groups excluding tert-OH is 4. The molecule has 38 heavy (non-hydrogen) atoms. The van der Waals surface area contributed by atoms with Gasteiger partial charge in [-0.3, -0.25) is 10.1 Å². The van der Waals surface area contributed by atoms with E-state index >= 15 is 0 Å². The highest BCUT2D eigenvalue weighted by atomic mass is 32.2. The lowest BCUT2D eigenvalue weighted by atomic mass is 9.94. The quantitative estimate of drug-likeness (QED) is 0.303. The van der Waals surface area contributed by atoms with E-state index in [1.807, 2.05) is 19.1 Å². The topological polar surface area (TPSA) is 147 Å². The van der Waals surface area contributed by atoms with Crippen molar-refractivity contribution in [3.8, 4) is 28.4 Å². The summed E-state index contributed by atoms with van der Waals surface area (Å²) >= 11 is 1.44. The van der Waals surface area contributed by atoms with Gasteiger partial charge in [0.1, 0.15) is 30.6 Å². The number of methoxy groups -OCH3 is 3. The van der Waals surface area contributed by atoms with Gasteiger partial charge in [0.2, 0.25) is 5.75 Å². The van der Waals surface area contributed by atoms with Crippen molar-refractivity contribution in [1.82, 2.24) is 5.32 Å². The summed E-state index contributed by atoms with van der Waals surface area (Å²) < 4.78 is 22.8. The van der Waals surface area contributed by atoms with E-state index < -0.39 is 43.3 Å². The van der Waals surface area contributed by atoms with E-state index in [-0.39, 0.29) is 5.43 Å². The van der Waals surface area contributed by atoms with Crippen LogP contribution in [-0.4, -0.2) is 84.8 Å². The Balaban J connectivity index is 1.89. The minimum Gasteiger partial charge on any atom is -0.493 e. The molecule has 6 atom stereocenters. The van der Waals surface area contributed by atoms with Crippen LogP contribution < -0.4 is 25.0 Å². The number of hydrogen-bond donors (Lipinski definition) is 5. The van der Waals surface area contributed by atoms with Crippen molar-refractivity contribution >= 4 is 11.8 Å². The van der Waals surface area contributed by atoms with Gasteiger partial charge in [0.25, 0.3) is 0 Å². The lowest BCUT2D eigenvalue weighted by molar-refractivity contribution is -0.238. The van der Waals surface area contributed by atoms with Crippen LogP contribution in [0.25, 0.3) is 11.1 Å². The number of nitrogens with one attached hydrogen (secondary N) is 1. The highest BCUT2D eigenvalue weighted by molar-refractivity contribution is 7.99. The maximum Gasteiger partial charge on any atom is 0.203 e. The SMILES string of the molecule is CCSc1ccc2c(cc1=O)[C@@H](N[C@H]1O[C@@H](CO)[C@@H](O)[C@@H](O)[C@H]1O)CCc1cc(OC)c(OC)c(OC)c1-2. The summed E-state index contributed by atoms with van der Waals surface area (Å²) in [6.07, 6.45) is -5.59. The summed E-state index contributed by atoms with van der Waals surface area (Å²) in [6.45, 7) is 1.44. The molecule has 4 rings (SSSR count). The third-order valence-corrected chi connectivity index (χ3v) is 8.00. The van der Waals surface area contributed by atoms with E-state index in [1.54, 1.807) is 26.4 Å². The van der Waals surface area contributed by atoms with Gasteiger partial charge in [-0.15, -0.1) is 11.8 Å². The highest BCUT2D eigenvalue weighted by Gasteiger charge is 2.44. The van der Waals surface area contributed by atoms with Crippen LogP contribution in [0, 0.1) is 0 Å². The van der Waals surface area contributed by atoms with Gasteiger partial charge in [-0.05, 0) is 53.5 Å². The average Bonchev–Trinajstić information content (AvgIpc) is 3.16. The first-order valence-electron chi connectivity index (χ1n) is 12.5. The fourth-order valence-corrected chi connectivity index (χ4v) is 5.86. The van der Waals surface area contributed by atoms with Gasteiger partial charge >= 0.3 is 0 Å². The molecule has 10 nitrogen and oxygen atoms in total. The third-order valence-electron chi connectivity index (χ3n) is 7.06. The standard InChI is InChI=1S/C27H35NO9S/c1-5-38-20-9-7-14-15(11-17(20)30)16(28-27-24(33)23(32)22(31)19(12-29)37-27)8-6-13-10-18(34-2)25(35-3)26(36-4)21(13)14/h7,9-11,16,19,22-24,27-29,31-33H,5-6,8,12H2,1-4H3/t16-,19-,22+,23+,24+,27-/m0/s1. The first-order chi connectivity index (χ1) is 18.3. The van der Waals surface area contributed by atoms with Crippen LogP contribution in [0.2, 0.25) is 0 Å². The first-order valence-corrected chi connectivity index (χ1v) is 13.5. The molecule has 1 fully saturated rings. The smallest absolute Gasteiger partial charge is 0.203 e. The molecule has 5 N–H and O–H groups in total. The molecule has 0 radical (unpaired) electrons. The number of thioether (sulfide) groups is 1. The number of benzene rings is 1. The number of hydrogen-bond acceptors (Lipinski definition) is 11. The molecule has 2 aliphatic rings. The Bertz CT molecular complexity index is 1210. The van der Waals surface area contributed by atoms with Crippen LogP contribution in [0.4, 0.5) is 0 Å². The van der Waals surface area contributed by atoms with Gasteiger partial charge in [0, 0.05) is 11.6 Å². The van der Waals surface area contributed by atoms with E-state index in [9.17, 15) is 25.2 Å². The van der Waals surface area contributed by atoms with Gasteiger partial charge in [0.15, 0.2) is 16.9 Å². The van der Waals surface area contributed by atoms with Crippen molar-refractivity contribution in [1.29, 1.82) is 0 Å². The van der Waals surface area contributed by atoms with Crippen LogP contribution in [0.1, 0.15) is 30.5 Å². The van der Waals surface area contributed by atoms with Crippen LogP contribution >= 0.6 is 11.8 Å². The summed E-state index contributed by atoms with van der Waals surface area (Å²) in [5.74, 6) is 2.13. The minimum atomic E-state index is -1.52. The van der Waals surface area contributed by atoms with Crippen LogP contribution in [0.5, 0.6) is 17.2 Å². The third kappa shape index (κ3) is 5.24. The van der Waals surface area contributed by atoms with Crippen molar-refractivity contribution in [3.05, 3.63) is 45.6 Å². The van der Waals surface area contributed by atoms with Crippen molar-refractivity contribution < 1.29 is 39.4 Å². The van der Waals surface area contributed by atoms with Crippen molar-refractivity contribution in [2.75, 3.05) is 33.7 Å². The van der Waals surface area contributed by atoms with Crippen molar-refractivity contribution in [2.24, 2.45) is 0 Å². The van der Waals surface area contributed by atoms with E-state index in [4.69, 9.17) is 18.9 Å². The number of ether oxygens (including phenoxy) is 4. The van der Waals surface area contributed by atoms with Crippen LogP contribution in [0.3, 0.4) is 0 Å². The zero-order valence-electron chi connectivity index (χ0n) is 21.8. The lowest BCUT2D eigenvalue weighted by Crippen LogP contribution is -2.62. The van der Waals surface area contributed by atoms with Gasteiger partial charge in [-0.25, -0.2) is 0 Å². The second-order valence-electron chi connectivity index (χ2n) is 9.20. The van der Waals surface area contributed by atoms with Gasteiger partial charge in [-0.1, -0.05) is 13.0 Å². The zero-order valence-corrected chi connectivity index (χ0v) is 22.7. The van der Waals surface area contributed by atoms with Crippen molar-refractivity contribution in [2.45, 2.75) is 61.3 Å². The molecule has 0 bridgehead atoms. The summed E-state index contributed by atoms with van der Waals surface area (Å²) in [7, 11) is 4.63. The molecule has 0 saturated carbocycles. The fraction of sp³-hybridized carbons (Fsp3) is 0.519. The summed E-state index contributed by atoms with van der Waals surface area (Å²) in [5, 5.41) is 44.1. The van der Waals surface area contributed by atoms with E-state index in [1.165, 1.54) is 18.9 Å². The molecule has 2 aromatic rings. The molecule has 1 aliphatic heterocycles. The number of aliphatic hydroxyl groups is 4. The van der Waals surface area contributed by atoms with Gasteiger partial charge < -0.3 is 39.4 Å². The highest BCUT2D eigenvalue weighted by Crippen LogP contribution is 2.50. The molecule has 0 amide bonds. The molecule has 1 heterocycles. The summed E-state index contributed by atoms with van der Waals surface area (Å²) in [5.41, 5.74) is 2.92. The number of rotatable bonds is 8. The Morgan fingerprint density at radius 1 is 1.03 bits per heavy atom. The average molecular weight is 550 g/mol. The van der Waals surface area contributed by atoms with Crippen molar-refractivity contribution in [3.63, 3.8) is 0 Å². The predicted octanol–water partition coefficient (Wildman–Crippen LogP) is 1.23. The van der Waals surface area contributed by atoms with E-state index in [0.717, 1.165) is 22.4 Å². The lowest BCUT2D eigenvalue weighted by Gasteiger charge is -2.41. The fourth-order valence-electron chi connectivity index (χ4n) is 5.18. The Kier molecular flexibility index (Phi) is 9.19. The summed E-state index contributed by atoms with van der Waals surface area (Å²) in [4.78, 5) is 13.9. The molecule has 0 spiro atoms. The summed E-state index contributed by atoms with van der Waals surface area (Å²) in [6, 6.07) is 6.66. The molecular formula is C27H35NO9S. The number of aryl methyl sites for hydroxylation is 1. The molecule has 11 heteroatoms. The minimum absolute atomic E-state index is 0.151. The molecule has 1 aliphatic carbocycles. The molecule has 208 valence electrons. The van der Waals surface area contributed by atoms with E-state index in [0.29, 0.717) is 40.5 Å². The second kappa shape index (κ2) is 12.2. The maximum atomic E-state index is 13.3. The zero-order chi connectivity index (χ0) is 27.6. The molecule has 1 saturated heterocycles. The largest absolute Gasteiger partial charge is 0.493 e. The Morgan fingerprint density at radius 3 is 2.39 bits per heavy atom. The second-order valence-corrected chi connectivity index (χ2v) is 10.5.